The van der Waals surface area contributed by atoms with Crippen LogP contribution in [0.15, 0.2) is 34.1 Å². The lowest BCUT2D eigenvalue weighted by Crippen LogP contribution is -2.17. The van der Waals surface area contributed by atoms with Gasteiger partial charge in [-0.05, 0) is 19.1 Å². The van der Waals surface area contributed by atoms with E-state index in [0.29, 0.717) is 0 Å². The first-order valence-electron chi connectivity index (χ1n) is 5.11. The number of halogens is 1. The first-order valence-corrected chi connectivity index (χ1v) is 6.78. The molecule has 0 amide bonds. The summed E-state index contributed by atoms with van der Waals surface area (Å²) in [5.41, 5.74) is 7.94. The third-order valence-corrected chi connectivity index (χ3v) is 3.59. The van der Waals surface area contributed by atoms with Gasteiger partial charge in [-0.3, -0.25) is 0 Å². The van der Waals surface area contributed by atoms with Crippen LogP contribution in [0.3, 0.4) is 0 Å². The monoisotopic (exact) mass is 296 g/mol. The van der Waals surface area contributed by atoms with Crippen LogP contribution in [0.2, 0.25) is 0 Å². The van der Waals surface area contributed by atoms with E-state index < -0.39 is 0 Å². The maximum Gasteiger partial charge on any atom is 0.0947 e. The Morgan fingerprint density at radius 2 is 2.06 bits per heavy atom. The van der Waals surface area contributed by atoms with Crippen molar-refractivity contribution < 1.29 is 0 Å². The van der Waals surface area contributed by atoms with Crippen molar-refractivity contribution in [2.45, 2.75) is 19.4 Å². The van der Waals surface area contributed by atoms with Gasteiger partial charge in [-0.1, -0.05) is 28.1 Å². The Morgan fingerprint density at radius 3 is 2.69 bits per heavy atom. The summed E-state index contributed by atoms with van der Waals surface area (Å²) in [6, 6.07) is 8.35. The highest BCUT2D eigenvalue weighted by atomic mass is 79.9. The van der Waals surface area contributed by atoms with Gasteiger partial charge < -0.3 is 5.73 Å². The van der Waals surface area contributed by atoms with Gasteiger partial charge in [0.2, 0.25) is 0 Å². The molecule has 84 valence electrons. The van der Waals surface area contributed by atoms with Crippen LogP contribution < -0.4 is 5.73 Å². The highest BCUT2D eigenvalue weighted by molar-refractivity contribution is 9.10. The summed E-state index contributed by atoms with van der Waals surface area (Å²) in [5, 5.41) is 3.19. The number of rotatable bonds is 3. The lowest BCUT2D eigenvalue weighted by Gasteiger charge is -1.99. The zero-order valence-corrected chi connectivity index (χ0v) is 11.4. The van der Waals surface area contributed by atoms with Crippen LogP contribution in [-0.2, 0) is 6.42 Å². The lowest BCUT2D eigenvalue weighted by molar-refractivity contribution is 0.734. The number of aromatic nitrogens is 1. The summed E-state index contributed by atoms with van der Waals surface area (Å²) < 4.78 is 1.09. The number of nitrogens with two attached hydrogens (primary N) is 1. The maximum atomic E-state index is 5.75. The molecule has 0 radical (unpaired) electrons. The molecule has 0 saturated carbocycles. The topological polar surface area (TPSA) is 38.9 Å². The van der Waals surface area contributed by atoms with E-state index in [2.05, 4.69) is 38.4 Å². The van der Waals surface area contributed by atoms with Crippen molar-refractivity contribution in [3.05, 3.63) is 39.1 Å². The summed E-state index contributed by atoms with van der Waals surface area (Å²) in [5.74, 6) is 0. The van der Waals surface area contributed by atoms with Gasteiger partial charge in [0.15, 0.2) is 0 Å². The molecule has 0 aliphatic rings. The Balaban J connectivity index is 2.21. The Kier molecular flexibility index (Phi) is 3.74. The van der Waals surface area contributed by atoms with E-state index in [1.165, 1.54) is 0 Å². The van der Waals surface area contributed by atoms with Crippen molar-refractivity contribution in [2.75, 3.05) is 0 Å². The van der Waals surface area contributed by atoms with Gasteiger partial charge in [0.05, 0.1) is 10.7 Å². The van der Waals surface area contributed by atoms with Gasteiger partial charge in [-0.15, -0.1) is 11.3 Å². The Bertz CT molecular complexity index is 462. The number of hydrogen-bond acceptors (Lipinski definition) is 3. The van der Waals surface area contributed by atoms with Crippen molar-refractivity contribution in [1.82, 2.24) is 4.98 Å². The normalized spacial score (nSPS) is 12.7. The zero-order valence-electron chi connectivity index (χ0n) is 8.98. The fraction of sp³-hybridized carbons (Fsp3) is 0.250. The van der Waals surface area contributed by atoms with E-state index in [1.807, 2.05) is 19.1 Å². The molecule has 4 heteroatoms. The second kappa shape index (κ2) is 5.08. The van der Waals surface area contributed by atoms with Gasteiger partial charge in [0, 0.05) is 27.9 Å². The molecule has 0 saturated heterocycles. The fourth-order valence-corrected chi connectivity index (χ4v) is 2.64. The van der Waals surface area contributed by atoms with Crippen molar-refractivity contribution in [3.63, 3.8) is 0 Å². The van der Waals surface area contributed by atoms with Crippen molar-refractivity contribution in [2.24, 2.45) is 5.73 Å². The van der Waals surface area contributed by atoms with E-state index in [0.717, 1.165) is 27.2 Å². The molecule has 2 nitrogen and oxygen atoms in total. The lowest BCUT2D eigenvalue weighted by atomic mass is 10.2. The highest BCUT2D eigenvalue weighted by Gasteiger charge is 2.06. The van der Waals surface area contributed by atoms with Crippen LogP contribution in [0.1, 0.15) is 11.9 Å². The van der Waals surface area contributed by atoms with Gasteiger partial charge in [0.25, 0.3) is 0 Å². The van der Waals surface area contributed by atoms with E-state index >= 15 is 0 Å². The van der Waals surface area contributed by atoms with Crippen LogP contribution >= 0.6 is 27.3 Å². The van der Waals surface area contributed by atoms with Crippen LogP contribution in [0.4, 0.5) is 0 Å². The van der Waals surface area contributed by atoms with Crippen LogP contribution in [0.25, 0.3) is 11.3 Å². The van der Waals surface area contributed by atoms with Crippen LogP contribution in [-0.4, -0.2) is 11.0 Å². The summed E-state index contributed by atoms with van der Waals surface area (Å²) in [7, 11) is 0. The van der Waals surface area contributed by atoms with Crippen LogP contribution in [0.5, 0.6) is 0 Å². The molecule has 2 aromatic rings. The zero-order chi connectivity index (χ0) is 11.5. The molecule has 1 unspecified atom stereocenters. The summed E-state index contributed by atoms with van der Waals surface area (Å²) in [4.78, 5) is 4.57. The highest BCUT2D eigenvalue weighted by Crippen LogP contribution is 2.24. The van der Waals surface area contributed by atoms with Crippen molar-refractivity contribution in [3.8, 4) is 11.3 Å². The molecule has 0 aliphatic carbocycles. The molecular weight excluding hydrogens is 284 g/mol. The largest absolute Gasteiger partial charge is 0.328 e. The third kappa shape index (κ3) is 2.90. The first kappa shape index (κ1) is 11.8. The average Bonchev–Trinajstić information content (AvgIpc) is 2.66. The van der Waals surface area contributed by atoms with Gasteiger partial charge in [-0.2, -0.15) is 0 Å². The fourth-order valence-electron chi connectivity index (χ4n) is 1.43. The summed E-state index contributed by atoms with van der Waals surface area (Å²) >= 11 is 5.10. The second-order valence-corrected chi connectivity index (χ2v) is 5.67. The van der Waals surface area contributed by atoms with Gasteiger partial charge >= 0.3 is 0 Å². The Labute approximate surface area is 108 Å². The predicted octanol–water partition coefficient (Wildman–Crippen LogP) is 3.46. The summed E-state index contributed by atoms with van der Waals surface area (Å²) in [6.45, 7) is 2.00. The summed E-state index contributed by atoms with van der Waals surface area (Å²) in [6.07, 6.45) is 0.848. The minimum absolute atomic E-state index is 0.170. The average molecular weight is 297 g/mol. The molecule has 2 N–H and O–H groups in total. The maximum absolute atomic E-state index is 5.75. The number of thiazole rings is 1. The predicted molar refractivity (Wildman–Crippen MR) is 72.6 cm³/mol. The minimum Gasteiger partial charge on any atom is -0.328 e. The molecular formula is C12H13BrN2S. The van der Waals surface area contributed by atoms with Crippen LogP contribution in [0, 0.1) is 0 Å². The molecule has 1 aromatic heterocycles. The molecule has 0 aliphatic heterocycles. The Hall–Kier alpha value is -0.710. The van der Waals surface area contributed by atoms with E-state index in [4.69, 9.17) is 5.73 Å². The standard InChI is InChI=1S/C12H13BrN2S/c1-8(14)6-12-15-11(7-16-12)9-2-4-10(13)5-3-9/h2-5,7-8H,6,14H2,1H3. The molecule has 0 fully saturated rings. The van der Waals surface area contributed by atoms with E-state index in [-0.39, 0.29) is 6.04 Å². The number of benzene rings is 1. The molecule has 0 bridgehead atoms. The third-order valence-electron chi connectivity index (χ3n) is 2.19. The molecule has 1 atom stereocenters. The number of hydrogen-bond donors (Lipinski definition) is 1. The Morgan fingerprint density at radius 1 is 1.38 bits per heavy atom. The van der Waals surface area contributed by atoms with Gasteiger partial charge in [0.1, 0.15) is 0 Å². The van der Waals surface area contributed by atoms with Gasteiger partial charge in [-0.25, -0.2) is 4.98 Å². The van der Waals surface area contributed by atoms with Crippen molar-refractivity contribution >= 4 is 27.3 Å². The molecule has 2 rings (SSSR count). The second-order valence-electron chi connectivity index (χ2n) is 3.81. The SMILES string of the molecule is CC(N)Cc1nc(-c2ccc(Br)cc2)cs1. The van der Waals surface area contributed by atoms with E-state index in [1.54, 1.807) is 11.3 Å². The quantitative estimate of drug-likeness (QED) is 0.942. The molecule has 0 spiro atoms. The van der Waals surface area contributed by atoms with Crippen molar-refractivity contribution in [1.29, 1.82) is 0 Å². The van der Waals surface area contributed by atoms with E-state index in [9.17, 15) is 0 Å². The first-order chi connectivity index (χ1) is 7.65. The minimum atomic E-state index is 0.170. The molecule has 1 heterocycles. The molecule has 16 heavy (non-hydrogen) atoms. The molecule has 1 aromatic carbocycles. The number of nitrogens with zero attached hydrogens (tertiary/aromatic N) is 1. The smallest absolute Gasteiger partial charge is 0.0947 e.